The largest absolute Gasteiger partial charge is 0.444 e. The Kier molecular flexibility index (Phi) is 5.65. The summed E-state index contributed by atoms with van der Waals surface area (Å²) < 4.78 is 5.27. The molecule has 3 N–H and O–H groups in total. The number of aliphatic hydroxyl groups is 1. The summed E-state index contributed by atoms with van der Waals surface area (Å²) in [6, 6.07) is 10.2. The number of hydrogen-bond acceptors (Lipinski definition) is 4. The molecule has 0 aliphatic heterocycles. The Balaban J connectivity index is 1.85. The lowest BCUT2D eigenvalue weighted by Gasteiger charge is -2.23. The Hall–Kier alpha value is -1.59. The molecule has 0 radical (unpaired) electrons. The number of amides is 1. The third-order valence-electron chi connectivity index (χ3n) is 4.01. The van der Waals surface area contributed by atoms with Crippen LogP contribution < -0.4 is 10.6 Å². The number of alkyl carbamates (subject to hydrolysis) is 1. The van der Waals surface area contributed by atoms with E-state index in [-0.39, 0.29) is 18.1 Å². The lowest BCUT2D eigenvalue weighted by atomic mass is 10.1. The molecule has 1 fully saturated rings. The van der Waals surface area contributed by atoms with Crippen LogP contribution in [-0.4, -0.2) is 35.0 Å². The average molecular weight is 320 g/mol. The second-order valence-corrected chi connectivity index (χ2v) is 7.29. The van der Waals surface area contributed by atoms with Gasteiger partial charge in [0, 0.05) is 18.1 Å². The molecule has 0 heterocycles. The fraction of sp³-hybridized carbons (Fsp3) is 0.611. The molecule has 0 saturated heterocycles. The van der Waals surface area contributed by atoms with Crippen molar-refractivity contribution >= 4 is 6.09 Å². The molecule has 0 aromatic heterocycles. The fourth-order valence-electron chi connectivity index (χ4n) is 2.95. The summed E-state index contributed by atoms with van der Waals surface area (Å²) in [4.78, 5) is 11.8. The van der Waals surface area contributed by atoms with Crippen LogP contribution in [0, 0.1) is 0 Å². The monoisotopic (exact) mass is 320 g/mol. The van der Waals surface area contributed by atoms with Crippen LogP contribution in [-0.2, 0) is 4.74 Å². The maximum Gasteiger partial charge on any atom is 0.407 e. The molecular weight excluding hydrogens is 292 g/mol. The zero-order valence-electron chi connectivity index (χ0n) is 14.4. The molecule has 1 aliphatic rings. The zero-order valence-corrected chi connectivity index (χ0v) is 14.4. The first-order valence-electron chi connectivity index (χ1n) is 8.23. The number of hydrogen-bond donors (Lipinski definition) is 3. The van der Waals surface area contributed by atoms with Gasteiger partial charge in [-0.3, -0.25) is 0 Å². The molecule has 1 saturated carbocycles. The smallest absolute Gasteiger partial charge is 0.407 e. The molecule has 1 aromatic carbocycles. The maximum absolute atomic E-state index is 11.8. The highest BCUT2D eigenvalue weighted by atomic mass is 16.6. The third-order valence-corrected chi connectivity index (χ3v) is 4.01. The summed E-state index contributed by atoms with van der Waals surface area (Å²) in [5.74, 6) is 0. The van der Waals surface area contributed by atoms with Gasteiger partial charge in [-0.05, 0) is 46.1 Å². The minimum absolute atomic E-state index is 0.0369. The summed E-state index contributed by atoms with van der Waals surface area (Å²) in [7, 11) is 0. The van der Waals surface area contributed by atoms with E-state index in [0.29, 0.717) is 12.8 Å². The second-order valence-electron chi connectivity index (χ2n) is 7.29. The van der Waals surface area contributed by atoms with Gasteiger partial charge in [0.25, 0.3) is 0 Å². The van der Waals surface area contributed by atoms with Gasteiger partial charge in [-0.25, -0.2) is 4.79 Å². The third kappa shape index (κ3) is 5.52. The lowest BCUT2D eigenvalue weighted by Crippen LogP contribution is -2.39. The molecule has 5 nitrogen and oxygen atoms in total. The van der Waals surface area contributed by atoms with E-state index in [1.807, 2.05) is 39.0 Å². The fourth-order valence-corrected chi connectivity index (χ4v) is 2.95. The lowest BCUT2D eigenvalue weighted by molar-refractivity contribution is 0.0502. The molecule has 1 aliphatic carbocycles. The molecule has 4 atom stereocenters. The Morgan fingerprint density at radius 1 is 1.26 bits per heavy atom. The van der Waals surface area contributed by atoms with Crippen molar-refractivity contribution < 1.29 is 14.6 Å². The van der Waals surface area contributed by atoms with Gasteiger partial charge >= 0.3 is 6.09 Å². The van der Waals surface area contributed by atoms with Crippen LogP contribution in [0.1, 0.15) is 52.1 Å². The Labute approximate surface area is 138 Å². The second kappa shape index (κ2) is 7.32. The van der Waals surface area contributed by atoms with Gasteiger partial charge in [-0.15, -0.1) is 0 Å². The van der Waals surface area contributed by atoms with Crippen LogP contribution >= 0.6 is 0 Å². The summed E-state index contributed by atoms with van der Waals surface area (Å²) in [6.45, 7) is 7.59. The molecule has 0 unspecified atom stereocenters. The minimum Gasteiger partial charge on any atom is -0.444 e. The van der Waals surface area contributed by atoms with Crippen molar-refractivity contribution in [3.05, 3.63) is 35.9 Å². The molecule has 128 valence electrons. The summed E-state index contributed by atoms with van der Waals surface area (Å²) in [6.07, 6.45) is 0.336. The molecular formula is C18H28N2O3. The van der Waals surface area contributed by atoms with E-state index in [2.05, 4.69) is 29.7 Å². The quantitative estimate of drug-likeness (QED) is 0.798. The predicted molar refractivity (Wildman–Crippen MR) is 90.2 cm³/mol. The minimum atomic E-state index is -0.513. The van der Waals surface area contributed by atoms with Crippen LogP contribution in [0.4, 0.5) is 4.79 Å². The number of benzene rings is 1. The van der Waals surface area contributed by atoms with E-state index in [9.17, 15) is 9.90 Å². The highest BCUT2D eigenvalue weighted by molar-refractivity contribution is 5.68. The zero-order chi connectivity index (χ0) is 17.0. The first-order chi connectivity index (χ1) is 10.7. The van der Waals surface area contributed by atoms with Gasteiger partial charge in [-0.1, -0.05) is 30.3 Å². The number of rotatable bonds is 4. The Bertz CT molecular complexity index is 513. The summed E-state index contributed by atoms with van der Waals surface area (Å²) in [5.41, 5.74) is 0.670. The number of carbonyl (C=O) groups excluding carboxylic acids is 1. The van der Waals surface area contributed by atoms with Crippen LogP contribution in [0.5, 0.6) is 0 Å². The Morgan fingerprint density at radius 3 is 2.52 bits per heavy atom. The summed E-state index contributed by atoms with van der Waals surface area (Å²) >= 11 is 0. The van der Waals surface area contributed by atoms with Crippen LogP contribution in [0.2, 0.25) is 0 Å². The standard InChI is InChI=1S/C18H28N2O3/c1-12(13-8-6-5-7-9-13)19-15-10-14(11-16(15)21)20-17(22)23-18(2,3)4/h5-9,12,14-16,19,21H,10-11H2,1-4H3,(H,20,22)/t12-,14+,15+,16+/m0/s1. The van der Waals surface area contributed by atoms with E-state index in [1.165, 1.54) is 5.56 Å². The molecule has 1 amide bonds. The van der Waals surface area contributed by atoms with Gasteiger partial charge in [-0.2, -0.15) is 0 Å². The van der Waals surface area contributed by atoms with Gasteiger partial charge in [0.1, 0.15) is 5.60 Å². The van der Waals surface area contributed by atoms with Crippen molar-refractivity contribution in [3.63, 3.8) is 0 Å². The van der Waals surface area contributed by atoms with Gasteiger partial charge in [0.05, 0.1) is 6.10 Å². The predicted octanol–water partition coefficient (Wildman–Crippen LogP) is 2.75. The van der Waals surface area contributed by atoms with Crippen LogP contribution in [0.25, 0.3) is 0 Å². The SMILES string of the molecule is C[C@H](N[C@@H]1C[C@@H](NC(=O)OC(C)(C)C)C[C@H]1O)c1ccccc1. The van der Waals surface area contributed by atoms with Crippen molar-refractivity contribution in [1.82, 2.24) is 10.6 Å². The maximum atomic E-state index is 11.8. The molecule has 0 spiro atoms. The molecule has 0 bridgehead atoms. The van der Waals surface area contributed by atoms with E-state index in [1.54, 1.807) is 0 Å². The topological polar surface area (TPSA) is 70.6 Å². The molecule has 1 aromatic rings. The van der Waals surface area contributed by atoms with E-state index in [4.69, 9.17) is 4.74 Å². The van der Waals surface area contributed by atoms with E-state index >= 15 is 0 Å². The van der Waals surface area contributed by atoms with E-state index in [0.717, 1.165) is 0 Å². The Morgan fingerprint density at radius 2 is 1.91 bits per heavy atom. The normalized spacial score (nSPS) is 25.9. The van der Waals surface area contributed by atoms with Crippen LogP contribution in [0.3, 0.4) is 0 Å². The van der Waals surface area contributed by atoms with Crippen molar-refractivity contribution in [2.24, 2.45) is 0 Å². The van der Waals surface area contributed by atoms with Crippen molar-refractivity contribution in [2.75, 3.05) is 0 Å². The van der Waals surface area contributed by atoms with Crippen molar-refractivity contribution in [2.45, 2.75) is 70.4 Å². The van der Waals surface area contributed by atoms with E-state index < -0.39 is 17.8 Å². The number of ether oxygens (including phenoxy) is 1. The molecule has 2 rings (SSSR count). The number of carbonyl (C=O) groups is 1. The molecule has 23 heavy (non-hydrogen) atoms. The van der Waals surface area contributed by atoms with Gasteiger partial charge in [0.15, 0.2) is 0 Å². The first kappa shape index (κ1) is 17.8. The highest BCUT2D eigenvalue weighted by Gasteiger charge is 2.35. The molecule has 5 heteroatoms. The average Bonchev–Trinajstić information content (AvgIpc) is 2.77. The van der Waals surface area contributed by atoms with Crippen molar-refractivity contribution in [3.8, 4) is 0 Å². The van der Waals surface area contributed by atoms with Crippen molar-refractivity contribution in [1.29, 1.82) is 0 Å². The number of aliphatic hydroxyl groups excluding tert-OH is 1. The van der Waals surface area contributed by atoms with Gasteiger partial charge < -0.3 is 20.5 Å². The first-order valence-corrected chi connectivity index (χ1v) is 8.23. The summed E-state index contributed by atoms with van der Waals surface area (Å²) in [5, 5.41) is 16.5. The van der Waals surface area contributed by atoms with Crippen LogP contribution in [0.15, 0.2) is 30.3 Å². The number of nitrogens with one attached hydrogen (secondary N) is 2. The van der Waals surface area contributed by atoms with Gasteiger partial charge in [0.2, 0.25) is 0 Å². The highest BCUT2D eigenvalue weighted by Crippen LogP contribution is 2.24.